The van der Waals surface area contributed by atoms with Crippen LogP contribution in [0.2, 0.25) is 0 Å². The van der Waals surface area contributed by atoms with E-state index in [-0.39, 0.29) is 0 Å². The summed E-state index contributed by atoms with van der Waals surface area (Å²) < 4.78 is 21.7. The van der Waals surface area contributed by atoms with Crippen LogP contribution in [0, 0.1) is 0 Å². The van der Waals surface area contributed by atoms with Gasteiger partial charge in [-0.3, -0.25) is 0 Å². The fourth-order valence-electron chi connectivity index (χ4n) is 5.02. The summed E-state index contributed by atoms with van der Waals surface area (Å²) in [4.78, 5) is 0. The Morgan fingerprint density at radius 3 is 0.650 bits per heavy atom. The molecule has 6 nitrogen and oxygen atoms in total. The lowest BCUT2D eigenvalue weighted by Gasteiger charge is -2.25. The van der Waals surface area contributed by atoms with Crippen molar-refractivity contribution in [3.63, 3.8) is 0 Å². The van der Waals surface area contributed by atoms with E-state index in [0.717, 1.165) is 67.5 Å². The molecule has 0 aromatic heterocycles. The van der Waals surface area contributed by atoms with Crippen LogP contribution in [0.15, 0.2) is 97.1 Å². The Balaban J connectivity index is 1.89. The van der Waals surface area contributed by atoms with E-state index in [1.165, 1.54) is 0 Å². The van der Waals surface area contributed by atoms with Gasteiger partial charge in [0.25, 0.3) is 0 Å². The molecule has 6 heteroatoms. The van der Waals surface area contributed by atoms with E-state index in [1.807, 2.05) is 97.1 Å². The van der Waals surface area contributed by atoms with E-state index in [0.29, 0.717) is 11.4 Å². The van der Waals surface area contributed by atoms with Crippen LogP contribution in [0.25, 0.3) is 44.5 Å². The lowest BCUT2D eigenvalue weighted by molar-refractivity contribution is 0.414. The van der Waals surface area contributed by atoms with Crippen LogP contribution >= 0.6 is 0 Å². The van der Waals surface area contributed by atoms with Crippen molar-refractivity contribution in [2.24, 2.45) is 0 Å². The van der Waals surface area contributed by atoms with Crippen molar-refractivity contribution in [2.75, 3.05) is 39.9 Å². The summed E-state index contributed by atoms with van der Waals surface area (Å²) in [6, 6.07) is 31.4. The lowest BCUT2D eigenvalue weighted by atomic mass is 9.82. The number of hydrogen-bond donors (Lipinski definition) is 2. The van der Waals surface area contributed by atoms with Gasteiger partial charge < -0.3 is 30.4 Å². The van der Waals surface area contributed by atoms with Gasteiger partial charge in [-0.15, -0.1) is 0 Å². The Labute approximate surface area is 234 Å². The molecule has 40 heavy (non-hydrogen) atoms. The van der Waals surface area contributed by atoms with Crippen LogP contribution in [0.5, 0.6) is 23.0 Å². The number of rotatable bonds is 8. The zero-order valence-electron chi connectivity index (χ0n) is 23.0. The number of methoxy groups -OCH3 is 4. The Bertz CT molecular complexity index is 1370. The molecule has 202 valence electrons. The first-order valence-corrected chi connectivity index (χ1v) is 12.8. The molecule has 0 aliphatic rings. The SMILES string of the molecule is COc1ccc(-c2c(N)c(-c3ccc(OC)cc3)c(-c3ccc(OC)cc3)c(N)c2-c2ccc(OC)cc2)cc1. The van der Waals surface area contributed by atoms with Crippen LogP contribution in [0.1, 0.15) is 0 Å². The van der Waals surface area contributed by atoms with Crippen molar-refractivity contribution in [3.05, 3.63) is 97.1 Å². The van der Waals surface area contributed by atoms with Gasteiger partial charge in [-0.05, 0) is 70.8 Å². The smallest absolute Gasteiger partial charge is 0.118 e. The predicted octanol–water partition coefficient (Wildman–Crippen LogP) is 7.55. The Kier molecular flexibility index (Phi) is 7.51. The average molecular weight is 533 g/mol. The van der Waals surface area contributed by atoms with Gasteiger partial charge in [-0.2, -0.15) is 0 Å². The van der Waals surface area contributed by atoms with Crippen LogP contribution in [-0.2, 0) is 0 Å². The maximum absolute atomic E-state index is 7.18. The highest BCUT2D eigenvalue weighted by atomic mass is 16.5. The van der Waals surface area contributed by atoms with Crippen molar-refractivity contribution in [2.45, 2.75) is 0 Å². The van der Waals surface area contributed by atoms with E-state index in [9.17, 15) is 0 Å². The largest absolute Gasteiger partial charge is 0.497 e. The van der Waals surface area contributed by atoms with E-state index in [1.54, 1.807) is 28.4 Å². The predicted molar refractivity (Wildman–Crippen MR) is 163 cm³/mol. The molecule has 0 radical (unpaired) electrons. The fraction of sp³-hybridized carbons (Fsp3) is 0.118. The van der Waals surface area contributed by atoms with Gasteiger partial charge in [-0.25, -0.2) is 0 Å². The van der Waals surface area contributed by atoms with Crippen LogP contribution < -0.4 is 30.4 Å². The lowest BCUT2D eigenvalue weighted by Crippen LogP contribution is -2.05. The Morgan fingerprint density at radius 2 is 0.500 bits per heavy atom. The minimum atomic E-state index is 0.612. The Hall–Kier alpha value is -5.10. The fourth-order valence-corrected chi connectivity index (χ4v) is 5.02. The van der Waals surface area contributed by atoms with Crippen molar-refractivity contribution in [1.82, 2.24) is 0 Å². The molecule has 0 saturated carbocycles. The third-order valence-electron chi connectivity index (χ3n) is 7.09. The molecular formula is C34H32N2O4. The minimum absolute atomic E-state index is 0.612. The van der Waals surface area contributed by atoms with Gasteiger partial charge in [0, 0.05) is 33.6 Å². The normalized spacial score (nSPS) is 10.7. The van der Waals surface area contributed by atoms with Gasteiger partial charge in [0.2, 0.25) is 0 Å². The summed E-state index contributed by atoms with van der Waals surface area (Å²) in [6.45, 7) is 0. The highest BCUT2D eigenvalue weighted by Crippen LogP contribution is 2.52. The molecule has 0 saturated heterocycles. The summed E-state index contributed by atoms with van der Waals surface area (Å²) in [6.07, 6.45) is 0. The molecule has 0 amide bonds. The maximum Gasteiger partial charge on any atom is 0.118 e. The molecule has 0 aliphatic heterocycles. The van der Waals surface area contributed by atoms with Crippen molar-refractivity contribution in [3.8, 4) is 67.5 Å². The quantitative estimate of drug-likeness (QED) is 0.201. The number of anilines is 2. The molecule has 5 aromatic rings. The first kappa shape index (κ1) is 26.5. The standard InChI is InChI=1S/C34H32N2O4/c1-37-25-13-5-21(6-14-25)29-30(22-7-15-26(38-2)16-8-22)34(36)32(24-11-19-28(40-4)20-12-24)31(33(29)35)23-9-17-27(39-3)18-10-23/h5-20H,35-36H2,1-4H3. The maximum atomic E-state index is 7.18. The first-order chi connectivity index (χ1) is 19.5. The highest BCUT2D eigenvalue weighted by Gasteiger charge is 2.25. The second-order valence-corrected chi connectivity index (χ2v) is 9.24. The molecular weight excluding hydrogens is 500 g/mol. The van der Waals surface area contributed by atoms with E-state index in [2.05, 4.69) is 0 Å². The molecule has 0 unspecified atom stereocenters. The zero-order chi connectivity index (χ0) is 28.2. The molecule has 0 bridgehead atoms. The highest BCUT2D eigenvalue weighted by molar-refractivity contribution is 6.11. The topological polar surface area (TPSA) is 89.0 Å². The Morgan fingerprint density at radius 1 is 0.325 bits per heavy atom. The summed E-state index contributed by atoms with van der Waals surface area (Å²) in [5.41, 5.74) is 22.6. The number of hydrogen-bond acceptors (Lipinski definition) is 6. The molecule has 0 atom stereocenters. The number of nitrogens with two attached hydrogens (primary N) is 2. The third kappa shape index (κ3) is 4.87. The van der Waals surface area contributed by atoms with Gasteiger partial charge >= 0.3 is 0 Å². The van der Waals surface area contributed by atoms with Crippen molar-refractivity contribution >= 4 is 11.4 Å². The second kappa shape index (κ2) is 11.3. The molecule has 0 heterocycles. The third-order valence-corrected chi connectivity index (χ3v) is 7.09. The van der Waals surface area contributed by atoms with Gasteiger partial charge in [0.15, 0.2) is 0 Å². The number of benzene rings is 5. The first-order valence-electron chi connectivity index (χ1n) is 12.8. The monoisotopic (exact) mass is 532 g/mol. The second-order valence-electron chi connectivity index (χ2n) is 9.24. The molecule has 4 N–H and O–H groups in total. The molecule has 0 aliphatic carbocycles. The van der Waals surface area contributed by atoms with Crippen molar-refractivity contribution in [1.29, 1.82) is 0 Å². The van der Waals surface area contributed by atoms with Crippen LogP contribution in [0.4, 0.5) is 11.4 Å². The summed E-state index contributed by atoms with van der Waals surface area (Å²) in [5, 5.41) is 0. The van der Waals surface area contributed by atoms with Gasteiger partial charge in [-0.1, -0.05) is 48.5 Å². The average Bonchev–Trinajstić information content (AvgIpc) is 3.02. The molecule has 0 fully saturated rings. The molecule has 5 rings (SSSR count). The van der Waals surface area contributed by atoms with Gasteiger partial charge in [0.1, 0.15) is 23.0 Å². The summed E-state index contributed by atoms with van der Waals surface area (Å²) in [5.74, 6) is 3.02. The molecule has 5 aromatic carbocycles. The van der Waals surface area contributed by atoms with E-state index in [4.69, 9.17) is 30.4 Å². The minimum Gasteiger partial charge on any atom is -0.497 e. The zero-order valence-corrected chi connectivity index (χ0v) is 23.0. The number of nitrogen functional groups attached to an aromatic ring is 2. The number of ether oxygens (including phenoxy) is 4. The van der Waals surface area contributed by atoms with Crippen molar-refractivity contribution < 1.29 is 18.9 Å². The summed E-state index contributed by atoms with van der Waals surface area (Å²) >= 11 is 0. The summed E-state index contributed by atoms with van der Waals surface area (Å²) in [7, 11) is 6.59. The van der Waals surface area contributed by atoms with Crippen LogP contribution in [0.3, 0.4) is 0 Å². The van der Waals surface area contributed by atoms with E-state index < -0.39 is 0 Å². The molecule has 0 spiro atoms. The van der Waals surface area contributed by atoms with Gasteiger partial charge in [0.05, 0.1) is 28.4 Å². The van der Waals surface area contributed by atoms with Crippen LogP contribution in [-0.4, -0.2) is 28.4 Å². The van der Waals surface area contributed by atoms with E-state index >= 15 is 0 Å².